The maximum absolute atomic E-state index is 13.8. The average molecular weight is 1020 g/mol. The number of aliphatic carboxylic acids is 3. The van der Waals surface area contributed by atoms with Crippen molar-refractivity contribution in [3.05, 3.63) is 0 Å². The molecular weight excluding hydrogens is 941 g/mol. The van der Waals surface area contributed by atoms with Gasteiger partial charge >= 0.3 is 17.9 Å². The molecule has 15 N–H and O–H groups in total. The van der Waals surface area contributed by atoms with Gasteiger partial charge in [-0.25, -0.2) is 4.79 Å². The van der Waals surface area contributed by atoms with Gasteiger partial charge in [0.2, 0.25) is 53.2 Å². The van der Waals surface area contributed by atoms with Crippen LogP contribution in [0.25, 0.3) is 0 Å². The van der Waals surface area contributed by atoms with Crippen LogP contribution in [0, 0.1) is 17.8 Å². The number of hydrogen-bond donors (Lipinski definition) is 14. The Labute approximate surface area is 411 Å². The molecule has 27 heteroatoms. The topological polar surface area (TPSA) is 431 Å². The normalized spacial score (nSPS) is 17.2. The summed E-state index contributed by atoms with van der Waals surface area (Å²) in [7, 11) is 0. The van der Waals surface area contributed by atoms with Gasteiger partial charge in [-0.15, -0.1) is 0 Å². The Balaban J connectivity index is 3.20. The zero-order chi connectivity index (χ0) is 54.4. The summed E-state index contributed by atoms with van der Waals surface area (Å²) in [5, 5.41) is 67.2. The third-order valence-electron chi connectivity index (χ3n) is 11.1. The Kier molecular flexibility index (Phi) is 26.7. The summed E-state index contributed by atoms with van der Waals surface area (Å²) in [5.41, 5.74) is 5.83. The van der Waals surface area contributed by atoms with Gasteiger partial charge < -0.3 is 78.7 Å². The van der Waals surface area contributed by atoms with Crippen molar-refractivity contribution >= 4 is 71.1 Å². The Bertz CT molecular complexity index is 1910. The lowest BCUT2D eigenvalue weighted by Crippen LogP contribution is -2.62. The predicted molar refractivity (Wildman–Crippen MR) is 249 cm³/mol. The number of carboxylic acid groups (broad SMARTS) is 3. The first-order valence-electron chi connectivity index (χ1n) is 23.4. The zero-order valence-corrected chi connectivity index (χ0v) is 41.4. The molecule has 0 aromatic rings. The Morgan fingerprint density at radius 1 is 0.592 bits per heavy atom. The van der Waals surface area contributed by atoms with Crippen LogP contribution in [0.2, 0.25) is 0 Å². The summed E-state index contributed by atoms with van der Waals surface area (Å²) in [4.78, 5) is 155. The van der Waals surface area contributed by atoms with Crippen molar-refractivity contribution < 1.29 is 83.1 Å². The summed E-state index contributed by atoms with van der Waals surface area (Å²) in [6.07, 6.45) is -3.37. The average Bonchev–Trinajstić information content (AvgIpc) is 3.77. The highest BCUT2D eigenvalue weighted by Crippen LogP contribution is 2.20. The van der Waals surface area contributed by atoms with Crippen LogP contribution >= 0.6 is 0 Å². The van der Waals surface area contributed by atoms with E-state index in [2.05, 4.69) is 42.5 Å². The molecule has 0 bridgehead atoms. The summed E-state index contributed by atoms with van der Waals surface area (Å²) < 4.78 is 0. The molecule has 0 aliphatic carbocycles. The van der Waals surface area contributed by atoms with E-state index in [1.165, 1.54) is 20.8 Å². The van der Waals surface area contributed by atoms with E-state index in [4.69, 9.17) is 5.73 Å². The number of rotatable bonds is 31. The number of likely N-dealkylation sites (tertiary alicyclic amines) is 1. The summed E-state index contributed by atoms with van der Waals surface area (Å²) >= 11 is 0. The Morgan fingerprint density at radius 3 is 1.58 bits per heavy atom. The Hall–Kier alpha value is -6.48. The zero-order valence-electron chi connectivity index (χ0n) is 41.4. The molecule has 9 amide bonds. The second-order valence-corrected chi connectivity index (χ2v) is 18.6. The van der Waals surface area contributed by atoms with E-state index in [0.717, 1.165) is 11.8 Å². The standard InChI is InChI=1S/C44H74N10O17/c1-20(2)16-25(45)36(62)51-29(19-55)37(63)46-18-31(57)52-34(22(5)6)41(67)53-35(24(8)56)42(68)49-27(12-14-33(60)61)39(65)48-26(11-13-32(58)59)38(64)47-23(7)43(69)54-15-9-10-30(54)40(66)50-28(44(70)71)17-21(3)4/h20-30,34-35,55-56H,9-19,45H2,1-8H3,(H,46,63)(H,47,64)(H,48,65)(H,49,68)(H,50,66)(H,51,62)(H,52,57)(H,53,67)(H,58,59)(H,60,61)(H,70,71)/t23-,24+,25-,26-,27-,28-,29-,30-,34-,35-/m0/s1. The number of aliphatic hydroxyl groups excluding tert-OH is 2. The molecule has 402 valence electrons. The lowest BCUT2D eigenvalue weighted by molar-refractivity contribution is -0.145. The third kappa shape index (κ3) is 22.0. The fraction of sp³-hybridized carbons (Fsp3) is 0.727. The second kappa shape index (κ2) is 30.3. The van der Waals surface area contributed by atoms with Gasteiger partial charge in [0, 0.05) is 19.4 Å². The second-order valence-electron chi connectivity index (χ2n) is 18.6. The quantitative estimate of drug-likeness (QED) is 0.0313. The molecule has 10 atom stereocenters. The molecule has 1 aliphatic heterocycles. The third-order valence-corrected chi connectivity index (χ3v) is 11.1. The Morgan fingerprint density at radius 2 is 1.10 bits per heavy atom. The minimum atomic E-state index is -1.86. The van der Waals surface area contributed by atoms with Crippen molar-refractivity contribution in [1.29, 1.82) is 0 Å². The van der Waals surface area contributed by atoms with E-state index in [9.17, 15) is 83.1 Å². The van der Waals surface area contributed by atoms with Crippen molar-refractivity contribution in [2.75, 3.05) is 19.7 Å². The van der Waals surface area contributed by atoms with Gasteiger partial charge in [0.05, 0.1) is 25.3 Å². The highest BCUT2D eigenvalue weighted by Gasteiger charge is 2.39. The van der Waals surface area contributed by atoms with Crippen LogP contribution in [0.4, 0.5) is 0 Å². The number of hydrogen-bond acceptors (Lipinski definition) is 15. The summed E-state index contributed by atoms with van der Waals surface area (Å²) in [6.45, 7) is 11.1. The van der Waals surface area contributed by atoms with E-state index in [1.807, 2.05) is 13.8 Å². The van der Waals surface area contributed by atoms with Gasteiger partial charge in [0.25, 0.3) is 0 Å². The number of carbonyl (C=O) groups is 12. The number of nitrogens with two attached hydrogens (primary N) is 1. The largest absolute Gasteiger partial charge is 0.481 e. The number of carboxylic acids is 3. The van der Waals surface area contributed by atoms with E-state index in [-0.39, 0.29) is 31.2 Å². The van der Waals surface area contributed by atoms with Gasteiger partial charge in [-0.1, -0.05) is 41.5 Å². The van der Waals surface area contributed by atoms with Gasteiger partial charge in [-0.2, -0.15) is 0 Å². The van der Waals surface area contributed by atoms with Crippen LogP contribution in [0.15, 0.2) is 0 Å². The van der Waals surface area contributed by atoms with Crippen molar-refractivity contribution in [3.8, 4) is 0 Å². The minimum absolute atomic E-state index is 0.0543. The van der Waals surface area contributed by atoms with Gasteiger partial charge in [0.15, 0.2) is 0 Å². The van der Waals surface area contributed by atoms with Crippen LogP contribution in [-0.2, 0) is 57.5 Å². The predicted octanol–water partition coefficient (Wildman–Crippen LogP) is -4.23. The summed E-state index contributed by atoms with van der Waals surface area (Å²) in [6, 6.07) is -12.9. The van der Waals surface area contributed by atoms with Crippen molar-refractivity contribution in [1.82, 2.24) is 47.4 Å². The first-order chi connectivity index (χ1) is 33.0. The lowest BCUT2D eigenvalue weighted by atomic mass is 10.0. The number of amides is 9. The molecule has 0 aromatic heterocycles. The van der Waals surface area contributed by atoms with E-state index in [0.29, 0.717) is 12.8 Å². The number of nitrogens with zero attached hydrogens (tertiary/aromatic N) is 1. The lowest BCUT2D eigenvalue weighted by Gasteiger charge is -2.30. The SMILES string of the molecule is CC(C)C[C@H](NC(=O)[C@@H]1CCCN1C(=O)[C@H](C)NC(=O)[C@H](CCC(=O)O)NC(=O)[C@H](CCC(=O)O)NC(=O)[C@@H](NC(=O)[C@@H](NC(=O)CNC(=O)[C@H](CO)NC(=O)[C@@H](N)CC(C)C)C(C)C)[C@@H](C)O)C(=O)O. The molecular formula is C44H74N10O17. The van der Waals surface area contributed by atoms with Gasteiger partial charge in [0.1, 0.15) is 48.3 Å². The maximum Gasteiger partial charge on any atom is 0.326 e. The van der Waals surface area contributed by atoms with Crippen LogP contribution < -0.4 is 48.3 Å². The first kappa shape index (κ1) is 62.5. The molecule has 0 aromatic carbocycles. The van der Waals surface area contributed by atoms with Crippen LogP contribution in [0.5, 0.6) is 0 Å². The van der Waals surface area contributed by atoms with E-state index >= 15 is 0 Å². The minimum Gasteiger partial charge on any atom is -0.481 e. The van der Waals surface area contributed by atoms with Crippen molar-refractivity contribution in [2.24, 2.45) is 23.5 Å². The molecule has 71 heavy (non-hydrogen) atoms. The first-order valence-corrected chi connectivity index (χ1v) is 23.4. The molecule has 0 radical (unpaired) electrons. The van der Waals surface area contributed by atoms with E-state index < -0.39 is 176 Å². The van der Waals surface area contributed by atoms with Crippen LogP contribution in [0.3, 0.4) is 0 Å². The maximum atomic E-state index is 13.8. The van der Waals surface area contributed by atoms with Crippen LogP contribution in [0.1, 0.15) is 107 Å². The molecule has 1 saturated heterocycles. The van der Waals surface area contributed by atoms with Gasteiger partial charge in [-0.3, -0.25) is 52.7 Å². The highest BCUT2D eigenvalue weighted by atomic mass is 16.4. The highest BCUT2D eigenvalue weighted by molar-refractivity contribution is 5.98. The van der Waals surface area contributed by atoms with E-state index in [1.54, 1.807) is 13.8 Å². The number of nitrogens with one attached hydrogen (secondary N) is 8. The number of carbonyl (C=O) groups excluding carboxylic acids is 9. The molecule has 0 unspecified atom stereocenters. The number of aliphatic hydroxyl groups is 2. The molecule has 1 aliphatic rings. The van der Waals surface area contributed by atoms with Gasteiger partial charge in [-0.05, 0) is 70.1 Å². The molecule has 0 saturated carbocycles. The molecule has 0 spiro atoms. The van der Waals surface area contributed by atoms with Crippen LogP contribution in [-0.4, -0.2) is 182 Å². The molecule has 1 fully saturated rings. The fourth-order valence-corrected chi connectivity index (χ4v) is 7.28. The van der Waals surface area contributed by atoms with Crippen molar-refractivity contribution in [3.63, 3.8) is 0 Å². The monoisotopic (exact) mass is 1010 g/mol. The van der Waals surface area contributed by atoms with Crippen molar-refractivity contribution in [2.45, 2.75) is 167 Å². The molecule has 1 heterocycles. The summed E-state index contributed by atoms with van der Waals surface area (Å²) in [5.74, 6) is -13.4. The fourth-order valence-electron chi connectivity index (χ4n) is 7.28. The molecule has 27 nitrogen and oxygen atoms in total. The smallest absolute Gasteiger partial charge is 0.326 e. The molecule has 1 rings (SSSR count).